The highest BCUT2D eigenvalue weighted by Crippen LogP contribution is 2.22. The van der Waals surface area contributed by atoms with Crippen LogP contribution >= 0.6 is 27.3 Å². The van der Waals surface area contributed by atoms with Gasteiger partial charge in [0.05, 0.1) is 0 Å². The van der Waals surface area contributed by atoms with Crippen molar-refractivity contribution in [2.75, 3.05) is 11.1 Å². The maximum absolute atomic E-state index is 5.85. The fourth-order valence-electron chi connectivity index (χ4n) is 1.39. The third-order valence-electron chi connectivity index (χ3n) is 2.37. The Morgan fingerprint density at radius 3 is 2.81 bits per heavy atom. The minimum absolute atomic E-state index is 0.831. The van der Waals surface area contributed by atoms with Crippen LogP contribution in [0.5, 0.6) is 0 Å². The van der Waals surface area contributed by atoms with E-state index in [9.17, 15) is 0 Å². The quantitative estimate of drug-likeness (QED) is 0.840. The van der Waals surface area contributed by atoms with Gasteiger partial charge in [-0.25, -0.2) is 0 Å². The van der Waals surface area contributed by atoms with Crippen LogP contribution in [0.25, 0.3) is 0 Å². The molecule has 2 aromatic rings. The first-order chi connectivity index (χ1) is 7.65. The van der Waals surface area contributed by atoms with Gasteiger partial charge in [0, 0.05) is 32.6 Å². The van der Waals surface area contributed by atoms with Crippen LogP contribution in [0.4, 0.5) is 11.4 Å². The van der Waals surface area contributed by atoms with Crippen molar-refractivity contribution in [3.63, 3.8) is 0 Å². The third kappa shape index (κ3) is 2.77. The molecule has 0 aliphatic carbocycles. The van der Waals surface area contributed by atoms with E-state index in [1.165, 1.54) is 4.88 Å². The fraction of sp³-hybridized carbons (Fsp3) is 0.167. The Labute approximate surface area is 108 Å². The van der Waals surface area contributed by atoms with Gasteiger partial charge in [-0.1, -0.05) is 6.07 Å². The van der Waals surface area contributed by atoms with Gasteiger partial charge in [0.1, 0.15) is 0 Å². The summed E-state index contributed by atoms with van der Waals surface area (Å²) in [4.78, 5) is 1.30. The molecule has 3 N–H and O–H groups in total. The Morgan fingerprint density at radius 1 is 1.38 bits per heavy atom. The van der Waals surface area contributed by atoms with Gasteiger partial charge in [-0.2, -0.15) is 0 Å². The topological polar surface area (TPSA) is 38.0 Å². The minimum atomic E-state index is 0.831. The van der Waals surface area contributed by atoms with Gasteiger partial charge in [0.2, 0.25) is 0 Å². The Bertz CT molecular complexity index is 494. The highest BCUT2D eigenvalue weighted by molar-refractivity contribution is 9.10. The van der Waals surface area contributed by atoms with Crippen molar-refractivity contribution in [3.05, 3.63) is 44.6 Å². The molecule has 0 radical (unpaired) electrons. The van der Waals surface area contributed by atoms with E-state index in [2.05, 4.69) is 32.7 Å². The molecule has 0 aliphatic heterocycles. The SMILES string of the molecule is Cc1ccc(NCc2cc(Br)cs2)cc1N. The van der Waals surface area contributed by atoms with Gasteiger partial charge in [-0.05, 0) is 46.6 Å². The summed E-state index contributed by atoms with van der Waals surface area (Å²) >= 11 is 5.18. The van der Waals surface area contributed by atoms with Crippen molar-refractivity contribution < 1.29 is 0 Å². The second-order valence-electron chi connectivity index (χ2n) is 3.66. The predicted octanol–water partition coefficient (Wildman–Crippen LogP) is 4.01. The van der Waals surface area contributed by atoms with E-state index < -0.39 is 0 Å². The smallest absolute Gasteiger partial charge is 0.0494 e. The molecule has 1 aromatic heterocycles. The summed E-state index contributed by atoms with van der Waals surface area (Å²) in [6, 6.07) is 8.17. The van der Waals surface area contributed by atoms with Crippen LogP contribution in [0.3, 0.4) is 0 Å². The summed E-state index contributed by atoms with van der Waals surface area (Å²) < 4.78 is 1.14. The van der Waals surface area contributed by atoms with Crippen LogP contribution < -0.4 is 11.1 Å². The number of benzene rings is 1. The molecular weight excluding hydrogens is 284 g/mol. The Kier molecular flexibility index (Phi) is 3.51. The maximum atomic E-state index is 5.85. The number of aryl methyl sites for hydroxylation is 1. The molecule has 0 bridgehead atoms. The van der Waals surface area contributed by atoms with Gasteiger partial charge >= 0.3 is 0 Å². The van der Waals surface area contributed by atoms with Gasteiger partial charge in [0.25, 0.3) is 0 Å². The van der Waals surface area contributed by atoms with Gasteiger partial charge in [-0.3, -0.25) is 0 Å². The van der Waals surface area contributed by atoms with Gasteiger partial charge in [0.15, 0.2) is 0 Å². The third-order valence-corrected chi connectivity index (χ3v) is 4.07. The Balaban J connectivity index is 2.02. The lowest BCUT2D eigenvalue weighted by Crippen LogP contribution is -1.99. The molecular formula is C12H13BrN2S. The predicted molar refractivity (Wildman–Crippen MR) is 74.9 cm³/mol. The molecule has 0 atom stereocenters. The normalized spacial score (nSPS) is 10.4. The van der Waals surface area contributed by atoms with Gasteiger partial charge in [-0.15, -0.1) is 11.3 Å². The van der Waals surface area contributed by atoms with Crippen molar-refractivity contribution in [1.29, 1.82) is 0 Å². The minimum Gasteiger partial charge on any atom is -0.398 e. The molecule has 0 unspecified atom stereocenters. The standard InChI is InChI=1S/C12H13BrN2S/c1-8-2-3-10(5-12(8)14)15-6-11-4-9(13)7-16-11/h2-5,7,15H,6,14H2,1H3. The van der Waals surface area contributed by atoms with E-state index in [0.717, 1.165) is 28.0 Å². The van der Waals surface area contributed by atoms with Crippen molar-refractivity contribution in [1.82, 2.24) is 0 Å². The molecule has 0 saturated heterocycles. The summed E-state index contributed by atoms with van der Waals surface area (Å²) in [6.45, 7) is 2.84. The average Bonchev–Trinajstić information content (AvgIpc) is 2.66. The molecule has 0 aliphatic rings. The van der Waals surface area contributed by atoms with Crippen molar-refractivity contribution in [2.45, 2.75) is 13.5 Å². The first-order valence-electron chi connectivity index (χ1n) is 4.98. The van der Waals surface area contributed by atoms with Crippen LogP contribution in [0, 0.1) is 6.92 Å². The largest absolute Gasteiger partial charge is 0.398 e. The second kappa shape index (κ2) is 4.89. The number of nitrogen functional groups attached to an aromatic ring is 1. The molecule has 4 heteroatoms. The molecule has 2 rings (SSSR count). The molecule has 0 fully saturated rings. The van der Waals surface area contributed by atoms with Crippen molar-refractivity contribution in [2.24, 2.45) is 0 Å². The summed E-state index contributed by atoms with van der Waals surface area (Å²) in [5.41, 5.74) is 8.86. The van der Waals surface area contributed by atoms with Crippen LogP contribution in [0.2, 0.25) is 0 Å². The van der Waals surface area contributed by atoms with Crippen LogP contribution in [0.15, 0.2) is 34.1 Å². The van der Waals surface area contributed by atoms with E-state index in [0.29, 0.717) is 0 Å². The lowest BCUT2D eigenvalue weighted by Gasteiger charge is -2.07. The molecule has 0 spiro atoms. The first kappa shape index (κ1) is 11.5. The van der Waals surface area contributed by atoms with Gasteiger partial charge < -0.3 is 11.1 Å². The number of hydrogen-bond donors (Lipinski definition) is 2. The van der Waals surface area contributed by atoms with Crippen LogP contribution in [0.1, 0.15) is 10.4 Å². The Hall–Kier alpha value is -1.00. The maximum Gasteiger partial charge on any atom is 0.0494 e. The highest BCUT2D eigenvalue weighted by Gasteiger charge is 1.99. The number of hydrogen-bond acceptors (Lipinski definition) is 3. The molecule has 84 valence electrons. The molecule has 2 nitrogen and oxygen atoms in total. The number of nitrogens with two attached hydrogens (primary N) is 1. The molecule has 0 amide bonds. The number of thiophene rings is 1. The number of halogens is 1. The first-order valence-corrected chi connectivity index (χ1v) is 6.65. The second-order valence-corrected chi connectivity index (χ2v) is 5.57. The monoisotopic (exact) mass is 296 g/mol. The van der Waals surface area contributed by atoms with Crippen molar-refractivity contribution >= 4 is 38.6 Å². The number of anilines is 2. The van der Waals surface area contributed by atoms with E-state index in [4.69, 9.17) is 5.73 Å². The fourth-order valence-corrected chi connectivity index (χ4v) is 2.78. The summed E-state index contributed by atoms with van der Waals surface area (Å²) in [5.74, 6) is 0. The average molecular weight is 297 g/mol. The summed E-state index contributed by atoms with van der Waals surface area (Å²) in [7, 11) is 0. The zero-order valence-electron chi connectivity index (χ0n) is 8.96. The molecule has 0 saturated carbocycles. The molecule has 1 heterocycles. The zero-order valence-corrected chi connectivity index (χ0v) is 11.4. The molecule has 16 heavy (non-hydrogen) atoms. The zero-order chi connectivity index (χ0) is 11.5. The van der Waals surface area contributed by atoms with E-state index in [1.807, 2.05) is 25.1 Å². The Morgan fingerprint density at radius 2 is 2.19 bits per heavy atom. The van der Waals surface area contributed by atoms with Crippen LogP contribution in [-0.4, -0.2) is 0 Å². The van der Waals surface area contributed by atoms with E-state index >= 15 is 0 Å². The summed E-state index contributed by atoms with van der Waals surface area (Å²) in [5, 5.41) is 5.44. The number of nitrogens with one attached hydrogen (secondary N) is 1. The molecule has 1 aromatic carbocycles. The van der Waals surface area contributed by atoms with E-state index in [-0.39, 0.29) is 0 Å². The highest BCUT2D eigenvalue weighted by atomic mass is 79.9. The van der Waals surface area contributed by atoms with Crippen LogP contribution in [-0.2, 0) is 6.54 Å². The van der Waals surface area contributed by atoms with E-state index in [1.54, 1.807) is 11.3 Å². The number of rotatable bonds is 3. The lowest BCUT2D eigenvalue weighted by atomic mass is 10.2. The summed E-state index contributed by atoms with van der Waals surface area (Å²) in [6.07, 6.45) is 0. The lowest BCUT2D eigenvalue weighted by molar-refractivity contribution is 1.19. The van der Waals surface area contributed by atoms with Crippen molar-refractivity contribution in [3.8, 4) is 0 Å².